The van der Waals surface area contributed by atoms with Crippen molar-refractivity contribution in [2.45, 2.75) is 376 Å². The van der Waals surface area contributed by atoms with Gasteiger partial charge in [0.2, 0.25) is 0 Å². The van der Waals surface area contributed by atoms with Crippen molar-refractivity contribution in [3.8, 4) is 0 Å². The Morgan fingerprint density at radius 1 is 0.295 bits per heavy atom. The maximum atomic E-state index is 12.3. The van der Waals surface area contributed by atoms with Gasteiger partial charge in [-0.05, 0) is 75.4 Å². The van der Waals surface area contributed by atoms with E-state index in [1.165, 1.54) is 69.2 Å². The lowest BCUT2D eigenvalue weighted by atomic mass is 9.69. The van der Waals surface area contributed by atoms with Gasteiger partial charge in [0.15, 0.2) is 0 Å². The van der Waals surface area contributed by atoms with Crippen LogP contribution in [0.25, 0.3) is 0 Å². The van der Waals surface area contributed by atoms with Crippen LogP contribution in [0.2, 0.25) is 0 Å². The zero-order chi connectivity index (χ0) is 88.9. The fourth-order valence-electron chi connectivity index (χ4n) is 6.19. The average Bonchev–Trinajstić information content (AvgIpc) is 0.793. The highest BCUT2D eigenvalue weighted by molar-refractivity contribution is 4.88. The van der Waals surface area contributed by atoms with Crippen molar-refractivity contribution in [3.63, 3.8) is 0 Å². The topological polar surface area (TPSA) is 0 Å². The van der Waals surface area contributed by atoms with Gasteiger partial charge in [0.1, 0.15) is 0 Å². The number of halogens is 30. The highest BCUT2D eigenvalue weighted by Crippen LogP contribution is 2.50. The van der Waals surface area contributed by atoms with Crippen LogP contribution in [-0.2, 0) is 0 Å². The molecule has 105 heavy (non-hydrogen) atoms. The molecule has 0 aromatic heterocycles. The molecule has 0 heterocycles. The summed E-state index contributed by atoms with van der Waals surface area (Å²) >= 11 is 0. The van der Waals surface area contributed by atoms with Gasteiger partial charge in [-0.15, -0.1) is 0 Å². The minimum absolute atomic E-state index is 0.0895. The second kappa shape index (κ2) is 51.5. The van der Waals surface area contributed by atoms with Gasteiger partial charge in [-0.25, -0.2) is 0 Å². The molecule has 0 N–H and O–H groups in total. The molecule has 4 unspecified atom stereocenters. The number of alkyl halides is 30. The van der Waals surface area contributed by atoms with Gasteiger partial charge in [-0.2, -0.15) is 132 Å². The second-order valence-corrected chi connectivity index (χ2v) is 33.7. The smallest absolute Gasteiger partial charge is 0.174 e. The van der Waals surface area contributed by atoms with Gasteiger partial charge in [0.05, 0.1) is 39.9 Å². The molecule has 0 radical (unpaired) electrons. The van der Waals surface area contributed by atoms with Crippen LogP contribution in [0.15, 0.2) is 0 Å². The number of hydrogen-bond acceptors (Lipinski definition) is 0. The van der Waals surface area contributed by atoms with Crippen LogP contribution in [-0.4, -0.2) is 62.3 Å². The first-order chi connectivity index (χ1) is 45.1. The van der Waals surface area contributed by atoms with Crippen LogP contribution >= 0.6 is 0 Å². The van der Waals surface area contributed by atoms with Crippen LogP contribution in [0.4, 0.5) is 132 Å². The van der Waals surface area contributed by atoms with Crippen molar-refractivity contribution in [1.29, 1.82) is 0 Å². The zero-order valence-electron chi connectivity index (χ0n) is 70.2. The van der Waals surface area contributed by atoms with Crippen molar-refractivity contribution in [2.24, 2.45) is 109 Å². The highest BCUT2D eigenvalue weighted by Gasteiger charge is 2.54. The van der Waals surface area contributed by atoms with Crippen molar-refractivity contribution in [3.05, 3.63) is 0 Å². The lowest BCUT2D eigenvalue weighted by molar-refractivity contribution is -0.243. The molecule has 0 aliphatic rings. The highest BCUT2D eigenvalue weighted by atomic mass is 19.4. The van der Waals surface area contributed by atoms with E-state index in [0.29, 0.717) is 49.4 Å². The van der Waals surface area contributed by atoms with Crippen molar-refractivity contribution >= 4 is 0 Å². The Hall–Kier alpha value is -2.10. The summed E-state index contributed by atoms with van der Waals surface area (Å²) in [5.41, 5.74) is -5.17. The second-order valence-electron chi connectivity index (χ2n) is 33.7. The third-order valence-electron chi connectivity index (χ3n) is 20.7. The Morgan fingerprint density at radius 3 is 0.590 bits per heavy atom. The first-order valence-corrected chi connectivity index (χ1v) is 35.6. The van der Waals surface area contributed by atoms with E-state index < -0.39 is 126 Å². The molecule has 0 spiro atoms. The summed E-state index contributed by atoms with van der Waals surface area (Å²) in [5, 5.41) is 0. The molecule has 8 atom stereocenters. The SMILES string of the molecule is CC(C)(C)C(C)(C)C.CC(C)(C)C(C)(C)C(F)(F)F.CC(C)C(C)(C)C(F)(F)F.CC(C)[C@@H](C)C(C)C(F)(F)F.CC(C)[C@@H](C)C(C)C(F)(F)F.CCC(C)(C)CC(F)(F)F.CCC(C)[C@@H](C)C(F)(F)F.CCC(CC)CC(F)(F)F.CCCC(C)(C)C(F)(F)F.CC[C@H](C)C(C)C(F)(F)F.FC(F)F. The van der Waals surface area contributed by atoms with E-state index in [1.54, 1.807) is 118 Å². The summed E-state index contributed by atoms with van der Waals surface area (Å²) in [7, 11) is 0. The van der Waals surface area contributed by atoms with Crippen molar-refractivity contribution in [1.82, 2.24) is 0 Å². The van der Waals surface area contributed by atoms with E-state index in [9.17, 15) is 132 Å². The van der Waals surface area contributed by atoms with E-state index >= 15 is 0 Å². The van der Waals surface area contributed by atoms with E-state index in [0.717, 1.165) is 0 Å². The summed E-state index contributed by atoms with van der Waals surface area (Å²) in [6.07, 6.45) is -33.9. The van der Waals surface area contributed by atoms with Crippen LogP contribution in [0.3, 0.4) is 0 Å². The Labute approximate surface area is 615 Å². The molecule has 0 saturated heterocycles. The first kappa shape index (κ1) is 127. The Balaban J connectivity index is -0.000000103. The minimum atomic E-state index is -4.12. The van der Waals surface area contributed by atoms with E-state index in [4.69, 9.17) is 0 Å². The molecule has 0 saturated carbocycles. The minimum Gasteiger partial charge on any atom is -0.174 e. The number of rotatable bonds is 16. The molecule has 0 aliphatic heterocycles. The predicted molar refractivity (Wildman–Crippen MR) is 372 cm³/mol. The predicted octanol–water partition coefficient (Wildman–Crippen LogP) is 34.6. The normalized spacial score (nSPS) is 15.7. The van der Waals surface area contributed by atoms with Gasteiger partial charge in [0.25, 0.3) is 0 Å². The standard InChI is InChI=1S/3C8H15F3.C8H18.6C7H13F3.CHF3/c1-6(2,3)7(4,5)8(9,10)11;2*1-5(2)6(3)7(4)8(9,10)11;1-7(2,3)8(4,5)6;1-5(2)6(3,4)7(8,9)10;1-4-6(2,3)5-7(8,9)10;1-4-5-6(2,3)7(8,9)10;2*1-4-5(2)6(3)7(8,9)10;1-3-6(4-2)5-7(8,9)10;2-1(3)4/h1-5H3;2*5-7H,1-4H3;1-6H3;5H,1-4H3;2*4-5H2,1-3H3;2*5-6H,4H2,1-3H3;6H,3-5H2,1-2H3;1H/t;2*6-,7?;;;;;5?,6-;5-,6?;;/m.11....10../s1. The summed E-state index contributed by atoms with van der Waals surface area (Å²) in [6.45, 7) is 57.9. The third-order valence-corrected chi connectivity index (χ3v) is 20.7. The molecule has 30 heteroatoms. The lowest BCUT2D eigenvalue weighted by Crippen LogP contribution is -2.43. The lowest BCUT2D eigenvalue weighted by Gasteiger charge is -2.40. The summed E-state index contributed by atoms with van der Waals surface area (Å²) in [6, 6.07) is 0. The van der Waals surface area contributed by atoms with Crippen LogP contribution in [0.5, 0.6) is 0 Å². The molecular weight excluding hydrogens is 1470 g/mol. The Bertz CT molecular complexity index is 1920. The van der Waals surface area contributed by atoms with Crippen LogP contribution < -0.4 is 0 Å². The summed E-state index contributed by atoms with van der Waals surface area (Å²) in [5.74, 6) is -6.21. The quantitative estimate of drug-likeness (QED) is 0.135. The van der Waals surface area contributed by atoms with Gasteiger partial charge < -0.3 is 0 Å². The van der Waals surface area contributed by atoms with E-state index in [2.05, 4.69) is 41.5 Å². The molecule has 0 aliphatic carbocycles. The monoisotopic (exact) mass is 1610 g/mol. The molecular formula is C75H142F30. The summed E-state index contributed by atoms with van der Waals surface area (Å²) < 4.78 is 352. The average molecular weight is 1610 g/mol. The molecule has 0 rings (SSSR count). The first-order valence-electron chi connectivity index (χ1n) is 35.6. The molecule has 0 amide bonds. The van der Waals surface area contributed by atoms with Crippen LogP contribution in [0.1, 0.15) is 314 Å². The Kier molecular flexibility index (Phi) is 62.1. The molecule has 0 fully saturated rings. The summed E-state index contributed by atoms with van der Waals surface area (Å²) in [4.78, 5) is 0. The molecule has 0 aromatic carbocycles. The molecule has 0 bridgehead atoms. The maximum absolute atomic E-state index is 12.3. The van der Waals surface area contributed by atoms with E-state index in [1.807, 2.05) is 27.7 Å². The van der Waals surface area contributed by atoms with Gasteiger partial charge in [0, 0.05) is 12.8 Å². The Morgan fingerprint density at radius 2 is 0.543 bits per heavy atom. The molecule has 0 aromatic rings. The maximum Gasteiger partial charge on any atom is 0.394 e. The van der Waals surface area contributed by atoms with Crippen LogP contribution in [0, 0.1) is 109 Å². The third kappa shape index (κ3) is 67.3. The number of hydrogen-bond donors (Lipinski definition) is 0. The van der Waals surface area contributed by atoms with Gasteiger partial charge in [-0.3, -0.25) is 0 Å². The van der Waals surface area contributed by atoms with Crippen molar-refractivity contribution < 1.29 is 132 Å². The molecule has 0 nitrogen and oxygen atoms in total. The fraction of sp³-hybridized carbons (Fsp3) is 1.00. The van der Waals surface area contributed by atoms with Gasteiger partial charge >= 0.3 is 62.3 Å². The zero-order valence-corrected chi connectivity index (χ0v) is 70.2. The largest absolute Gasteiger partial charge is 0.394 e. The van der Waals surface area contributed by atoms with Gasteiger partial charge in [-0.1, -0.05) is 295 Å². The fourth-order valence-corrected chi connectivity index (χ4v) is 6.19. The van der Waals surface area contributed by atoms with E-state index in [-0.39, 0.29) is 53.8 Å². The molecule has 652 valence electrons. The van der Waals surface area contributed by atoms with Crippen molar-refractivity contribution in [2.75, 3.05) is 0 Å².